The summed E-state index contributed by atoms with van der Waals surface area (Å²) in [6.45, 7) is 1.03. The Hall–Kier alpha value is -0.830. The van der Waals surface area contributed by atoms with Gasteiger partial charge in [0, 0.05) is 18.7 Å². The van der Waals surface area contributed by atoms with Crippen LogP contribution in [0.25, 0.3) is 0 Å². The highest BCUT2D eigenvalue weighted by Crippen LogP contribution is 2.40. The van der Waals surface area contributed by atoms with Crippen molar-refractivity contribution >= 4 is 0 Å². The smallest absolute Gasteiger partial charge is 0.137 e. The summed E-state index contributed by atoms with van der Waals surface area (Å²) in [6.07, 6.45) is 6.34. The van der Waals surface area contributed by atoms with Crippen molar-refractivity contribution in [3.05, 3.63) is 17.7 Å². The Morgan fingerprint density at radius 3 is 2.92 bits per heavy atom. The number of aryl methyl sites for hydroxylation is 1. The Morgan fingerprint density at radius 2 is 2.23 bits per heavy atom. The second-order valence-corrected chi connectivity index (χ2v) is 4.15. The fourth-order valence-electron chi connectivity index (χ4n) is 2.06. The normalized spacial score (nSPS) is 27.3. The van der Waals surface area contributed by atoms with E-state index in [4.69, 9.17) is 0 Å². The number of aliphatic hydroxyl groups excluding tert-OH is 1. The van der Waals surface area contributed by atoms with Crippen LogP contribution in [-0.2, 0) is 6.54 Å². The molecule has 1 aromatic rings. The number of aliphatic hydroxyl groups is 1. The van der Waals surface area contributed by atoms with Crippen LogP contribution in [0.5, 0.6) is 0 Å². The first-order valence-corrected chi connectivity index (χ1v) is 5.09. The van der Waals surface area contributed by atoms with E-state index in [1.54, 1.807) is 0 Å². The third-order valence-electron chi connectivity index (χ3n) is 3.00. The number of hydrogen-bond donors (Lipinski definition) is 1. The molecule has 1 aliphatic carbocycles. The van der Waals surface area contributed by atoms with E-state index in [0.717, 1.165) is 25.2 Å². The highest BCUT2D eigenvalue weighted by Gasteiger charge is 2.29. The minimum atomic E-state index is -0.318. The van der Waals surface area contributed by atoms with Gasteiger partial charge in [-0.25, -0.2) is 4.98 Å². The van der Waals surface area contributed by atoms with Gasteiger partial charge >= 0.3 is 0 Å². The van der Waals surface area contributed by atoms with Crippen LogP contribution in [0.2, 0.25) is 0 Å². The van der Waals surface area contributed by atoms with Crippen molar-refractivity contribution in [2.24, 2.45) is 0 Å². The highest BCUT2D eigenvalue weighted by atomic mass is 16.3. The lowest BCUT2D eigenvalue weighted by atomic mass is 10.1. The fraction of sp³-hybridized carbons (Fsp3) is 0.700. The van der Waals surface area contributed by atoms with Gasteiger partial charge in [-0.3, -0.25) is 0 Å². The van der Waals surface area contributed by atoms with Crippen molar-refractivity contribution in [2.45, 2.75) is 44.2 Å². The van der Waals surface area contributed by atoms with Crippen LogP contribution >= 0.6 is 0 Å². The SMILES string of the molecule is O[C@H]1CCCn2cc(C3CC3)nc21. The standard InChI is InChI=1S/C10H14N2O/c13-9-2-1-5-12-6-8(7-3-4-7)11-10(9)12/h6-7,9,13H,1-5H2/t9-/m0/s1. The molecule has 0 bridgehead atoms. The minimum absolute atomic E-state index is 0.318. The molecule has 0 amide bonds. The molecule has 0 saturated heterocycles. The lowest BCUT2D eigenvalue weighted by Gasteiger charge is -2.18. The summed E-state index contributed by atoms with van der Waals surface area (Å²) >= 11 is 0. The molecule has 2 heterocycles. The third-order valence-corrected chi connectivity index (χ3v) is 3.00. The van der Waals surface area contributed by atoms with Crippen molar-refractivity contribution in [1.29, 1.82) is 0 Å². The van der Waals surface area contributed by atoms with Gasteiger partial charge in [0.05, 0.1) is 5.69 Å². The van der Waals surface area contributed by atoms with Crippen molar-refractivity contribution in [3.8, 4) is 0 Å². The van der Waals surface area contributed by atoms with E-state index in [-0.39, 0.29) is 6.10 Å². The number of aromatic nitrogens is 2. The van der Waals surface area contributed by atoms with Crippen LogP contribution in [0.1, 0.15) is 49.2 Å². The summed E-state index contributed by atoms with van der Waals surface area (Å²) in [4.78, 5) is 4.51. The van der Waals surface area contributed by atoms with E-state index in [0.29, 0.717) is 5.92 Å². The van der Waals surface area contributed by atoms with Gasteiger partial charge < -0.3 is 9.67 Å². The quantitative estimate of drug-likeness (QED) is 0.709. The van der Waals surface area contributed by atoms with Crippen LogP contribution in [0, 0.1) is 0 Å². The maximum Gasteiger partial charge on any atom is 0.137 e. The van der Waals surface area contributed by atoms with E-state index in [2.05, 4.69) is 15.7 Å². The van der Waals surface area contributed by atoms with E-state index >= 15 is 0 Å². The molecule has 0 spiro atoms. The van der Waals surface area contributed by atoms with Crippen molar-refractivity contribution in [2.75, 3.05) is 0 Å². The van der Waals surface area contributed by atoms with Gasteiger partial charge in [0.25, 0.3) is 0 Å². The first kappa shape index (κ1) is 7.56. The Morgan fingerprint density at radius 1 is 1.38 bits per heavy atom. The molecule has 1 N–H and O–H groups in total. The molecule has 3 rings (SSSR count). The van der Waals surface area contributed by atoms with Gasteiger partial charge in [-0.15, -0.1) is 0 Å². The van der Waals surface area contributed by atoms with Gasteiger partial charge in [0.15, 0.2) is 0 Å². The number of nitrogens with zero attached hydrogens (tertiary/aromatic N) is 2. The maximum absolute atomic E-state index is 9.69. The molecule has 1 aromatic heterocycles. The number of hydrogen-bond acceptors (Lipinski definition) is 2. The molecule has 3 heteroatoms. The lowest BCUT2D eigenvalue weighted by Crippen LogP contribution is -2.14. The summed E-state index contributed by atoms with van der Waals surface area (Å²) < 4.78 is 2.13. The zero-order valence-corrected chi connectivity index (χ0v) is 7.61. The van der Waals surface area contributed by atoms with Crippen LogP contribution in [0.15, 0.2) is 6.20 Å². The molecule has 1 atom stereocenters. The van der Waals surface area contributed by atoms with E-state index in [1.807, 2.05) is 0 Å². The van der Waals surface area contributed by atoms with Gasteiger partial charge in [-0.1, -0.05) is 0 Å². The maximum atomic E-state index is 9.69. The van der Waals surface area contributed by atoms with Crippen LogP contribution in [0.3, 0.4) is 0 Å². The fourth-order valence-corrected chi connectivity index (χ4v) is 2.06. The largest absolute Gasteiger partial charge is 0.385 e. The number of rotatable bonds is 1. The molecule has 0 aromatic carbocycles. The lowest BCUT2D eigenvalue weighted by molar-refractivity contribution is 0.133. The summed E-state index contributed by atoms with van der Waals surface area (Å²) in [5.41, 5.74) is 1.20. The van der Waals surface area contributed by atoms with E-state index in [1.165, 1.54) is 18.5 Å². The third kappa shape index (κ3) is 1.18. The Bertz CT molecular complexity index is 328. The molecular formula is C10H14N2O. The average Bonchev–Trinajstić information content (AvgIpc) is 2.87. The number of fused-ring (bicyclic) bond motifs is 1. The monoisotopic (exact) mass is 178 g/mol. The van der Waals surface area contributed by atoms with Gasteiger partial charge in [-0.2, -0.15) is 0 Å². The Balaban J connectivity index is 1.99. The van der Waals surface area contributed by atoms with Crippen molar-refractivity contribution in [3.63, 3.8) is 0 Å². The molecule has 1 fully saturated rings. The van der Waals surface area contributed by atoms with E-state index < -0.39 is 0 Å². The van der Waals surface area contributed by atoms with Gasteiger partial charge in [0.2, 0.25) is 0 Å². The van der Waals surface area contributed by atoms with Crippen molar-refractivity contribution in [1.82, 2.24) is 9.55 Å². The second-order valence-electron chi connectivity index (χ2n) is 4.15. The highest BCUT2D eigenvalue weighted by molar-refractivity contribution is 5.16. The Kier molecular flexibility index (Phi) is 1.50. The van der Waals surface area contributed by atoms with Crippen LogP contribution in [0.4, 0.5) is 0 Å². The molecule has 70 valence electrons. The summed E-state index contributed by atoms with van der Waals surface area (Å²) in [7, 11) is 0. The van der Waals surface area contributed by atoms with Crippen LogP contribution in [-0.4, -0.2) is 14.7 Å². The minimum Gasteiger partial charge on any atom is -0.385 e. The second kappa shape index (κ2) is 2.58. The molecule has 1 saturated carbocycles. The predicted octanol–water partition coefficient (Wildman–Crippen LogP) is 1.59. The van der Waals surface area contributed by atoms with Gasteiger partial charge in [-0.05, 0) is 25.7 Å². The summed E-state index contributed by atoms with van der Waals surface area (Å²) in [5.74, 6) is 1.60. The summed E-state index contributed by atoms with van der Waals surface area (Å²) in [5, 5.41) is 9.69. The molecule has 0 unspecified atom stereocenters. The van der Waals surface area contributed by atoms with Crippen molar-refractivity contribution < 1.29 is 5.11 Å². The predicted molar refractivity (Wildman–Crippen MR) is 48.4 cm³/mol. The molecule has 2 aliphatic rings. The molecular weight excluding hydrogens is 164 g/mol. The van der Waals surface area contributed by atoms with E-state index in [9.17, 15) is 5.11 Å². The average molecular weight is 178 g/mol. The first-order valence-electron chi connectivity index (χ1n) is 5.09. The topological polar surface area (TPSA) is 38.0 Å². The number of imidazole rings is 1. The first-order chi connectivity index (χ1) is 6.34. The zero-order chi connectivity index (χ0) is 8.84. The molecule has 1 aliphatic heterocycles. The molecule has 13 heavy (non-hydrogen) atoms. The zero-order valence-electron chi connectivity index (χ0n) is 7.61. The molecule has 0 radical (unpaired) electrons. The van der Waals surface area contributed by atoms with Crippen LogP contribution < -0.4 is 0 Å². The Labute approximate surface area is 77.4 Å². The summed E-state index contributed by atoms with van der Waals surface area (Å²) in [6, 6.07) is 0. The molecule has 3 nitrogen and oxygen atoms in total. The van der Waals surface area contributed by atoms with Gasteiger partial charge in [0.1, 0.15) is 11.9 Å².